The lowest BCUT2D eigenvalue weighted by Gasteiger charge is -2.16. The van der Waals surface area contributed by atoms with Gasteiger partial charge in [-0.2, -0.15) is 0 Å². The molecule has 1 aromatic rings. The van der Waals surface area contributed by atoms with Gasteiger partial charge in [-0.25, -0.2) is 4.39 Å². The van der Waals surface area contributed by atoms with E-state index in [1.807, 2.05) is 0 Å². The second-order valence-corrected chi connectivity index (χ2v) is 4.29. The zero-order valence-corrected chi connectivity index (χ0v) is 9.76. The summed E-state index contributed by atoms with van der Waals surface area (Å²) in [6, 6.07) is 4.52. The number of rotatable bonds is 4. The van der Waals surface area contributed by atoms with Gasteiger partial charge in [-0.05, 0) is 18.4 Å². The molecule has 0 saturated carbocycles. The average molecular weight is 231 g/mol. The highest BCUT2D eigenvalue weighted by molar-refractivity contribution is 6.31. The van der Waals surface area contributed by atoms with Crippen molar-refractivity contribution >= 4 is 11.6 Å². The molecule has 15 heavy (non-hydrogen) atoms. The molecule has 2 unspecified atom stereocenters. The molecular formula is C12H16ClFO. The van der Waals surface area contributed by atoms with Crippen molar-refractivity contribution in [2.24, 2.45) is 5.92 Å². The van der Waals surface area contributed by atoms with Crippen LogP contribution in [-0.4, -0.2) is 5.11 Å². The summed E-state index contributed by atoms with van der Waals surface area (Å²) in [5, 5.41) is 9.91. The molecular weight excluding hydrogens is 215 g/mol. The Kier molecular flexibility index (Phi) is 4.55. The van der Waals surface area contributed by atoms with Gasteiger partial charge in [0.2, 0.25) is 0 Å². The van der Waals surface area contributed by atoms with Crippen LogP contribution in [0.3, 0.4) is 0 Å². The van der Waals surface area contributed by atoms with Gasteiger partial charge in [0.1, 0.15) is 5.82 Å². The van der Waals surface area contributed by atoms with Gasteiger partial charge in [0.25, 0.3) is 0 Å². The molecule has 0 fully saturated rings. The number of aliphatic hydroxyl groups excluding tert-OH is 1. The van der Waals surface area contributed by atoms with Crippen molar-refractivity contribution in [2.75, 3.05) is 0 Å². The minimum absolute atomic E-state index is 0.0355. The van der Waals surface area contributed by atoms with E-state index in [1.54, 1.807) is 12.1 Å². The molecule has 0 aliphatic heterocycles. The summed E-state index contributed by atoms with van der Waals surface area (Å²) in [5.74, 6) is -0.0725. The van der Waals surface area contributed by atoms with E-state index in [0.717, 1.165) is 6.42 Å². The normalized spacial score (nSPS) is 15.0. The molecule has 0 aliphatic carbocycles. The molecule has 0 saturated heterocycles. The average Bonchev–Trinajstić information content (AvgIpc) is 2.21. The quantitative estimate of drug-likeness (QED) is 0.831. The van der Waals surface area contributed by atoms with Gasteiger partial charge in [-0.3, -0.25) is 0 Å². The highest BCUT2D eigenvalue weighted by Gasteiger charge is 2.16. The molecule has 84 valence electrons. The summed E-state index contributed by atoms with van der Waals surface area (Å²) in [5.41, 5.74) is 0.483. The number of aliphatic hydroxyl groups is 1. The Bertz CT molecular complexity index is 327. The summed E-state index contributed by atoms with van der Waals surface area (Å²) < 4.78 is 13.1. The fourth-order valence-electron chi connectivity index (χ4n) is 1.45. The molecule has 1 rings (SSSR count). The van der Waals surface area contributed by atoms with Gasteiger partial charge in [0, 0.05) is 5.56 Å². The van der Waals surface area contributed by atoms with Crippen LogP contribution in [0.4, 0.5) is 4.39 Å². The molecule has 0 spiro atoms. The predicted octanol–water partition coefficient (Wildman–Crippen LogP) is 3.95. The number of hydrogen-bond acceptors (Lipinski definition) is 1. The second kappa shape index (κ2) is 5.47. The van der Waals surface area contributed by atoms with E-state index in [9.17, 15) is 9.50 Å². The molecule has 0 aliphatic rings. The largest absolute Gasteiger partial charge is 0.388 e. The Morgan fingerprint density at radius 2 is 2.13 bits per heavy atom. The van der Waals surface area contributed by atoms with Crippen LogP contribution in [0.15, 0.2) is 18.2 Å². The SMILES string of the molecule is CCC(C)CC(O)c1cccc(F)c1Cl. The van der Waals surface area contributed by atoms with E-state index in [0.29, 0.717) is 17.9 Å². The zero-order chi connectivity index (χ0) is 11.4. The Morgan fingerprint density at radius 1 is 1.47 bits per heavy atom. The maximum absolute atomic E-state index is 13.1. The highest BCUT2D eigenvalue weighted by Crippen LogP contribution is 2.29. The summed E-state index contributed by atoms with van der Waals surface area (Å²) >= 11 is 5.78. The third-order valence-corrected chi connectivity index (χ3v) is 3.06. The molecule has 3 heteroatoms. The molecule has 1 aromatic carbocycles. The second-order valence-electron chi connectivity index (χ2n) is 3.91. The molecule has 0 bridgehead atoms. The van der Waals surface area contributed by atoms with Gasteiger partial charge in [-0.1, -0.05) is 44.0 Å². The van der Waals surface area contributed by atoms with Crippen LogP contribution in [0.2, 0.25) is 5.02 Å². The van der Waals surface area contributed by atoms with E-state index < -0.39 is 11.9 Å². The number of halogens is 2. The first-order valence-electron chi connectivity index (χ1n) is 5.18. The van der Waals surface area contributed by atoms with Crippen LogP contribution in [0.5, 0.6) is 0 Å². The Hall–Kier alpha value is -0.600. The van der Waals surface area contributed by atoms with Crippen molar-refractivity contribution in [3.63, 3.8) is 0 Å². The van der Waals surface area contributed by atoms with Crippen LogP contribution in [0, 0.1) is 11.7 Å². The van der Waals surface area contributed by atoms with Crippen molar-refractivity contribution in [1.29, 1.82) is 0 Å². The van der Waals surface area contributed by atoms with Gasteiger partial charge < -0.3 is 5.11 Å². The summed E-state index contributed by atoms with van der Waals surface area (Å²) in [7, 11) is 0. The van der Waals surface area contributed by atoms with Crippen LogP contribution >= 0.6 is 11.6 Å². The number of benzene rings is 1. The van der Waals surface area contributed by atoms with Crippen molar-refractivity contribution in [3.8, 4) is 0 Å². The molecule has 0 amide bonds. The van der Waals surface area contributed by atoms with Crippen LogP contribution < -0.4 is 0 Å². The molecule has 0 heterocycles. The Balaban J connectivity index is 2.82. The first-order valence-corrected chi connectivity index (χ1v) is 5.56. The lowest BCUT2D eigenvalue weighted by Crippen LogP contribution is -2.05. The molecule has 1 N–H and O–H groups in total. The third kappa shape index (κ3) is 3.18. The summed E-state index contributed by atoms with van der Waals surface area (Å²) in [6.07, 6.45) is 0.923. The van der Waals surface area contributed by atoms with Crippen molar-refractivity contribution in [3.05, 3.63) is 34.6 Å². The van der Waals surface area contributed by atoms with Gasteiger partial charge in [-0.15, -0.1) is 0 Å². The third-order valence-electron chi connectivity index (χ3n) is 2.66. The van der Waals surface area contributed by atoms with Crippen LogP contribution in [-0.2, 0) is 0 Å². The summed E-state index contributed by atoms with van der Waals surface area (Å²) in [6.45, 7) is 4.11. The minimum atomic E-state index is -0.678. The van der Waals surface area contributed by atoms with E-state index in [1.165, 1.54) is 6.07 Å². The molecule has 0 radical (unpaired) electrons. The van der Waals surface area contributed by atoms with E-state index in [2.05, 4.69) is 13.8 Å². The molecule has 1 nitrogen and oxygen atoms in total. The topological polar surface area (TPSA) is 20.2 Å². The maximum atomic E-state index is 13.1. The van der Waals surface area contributed by atoms with E-state index >= 15 is 0 Å². The molecule has 0 aromatic heterocycles. The lowest BCUT2D eigenvalue weighted by molar-refractivity contribution is 0.146. The Labute approximate surface area is 94.9 Å². The smallest absolute Gasteiger partial charge is 0.142 e. The molecule has 2 atom stereocenters. The van der Waals surface area contributed by atoms with Gasteiger partial charge in [0.15, 0.2) is 0 Å². The minimum Gasteiger partial charge on any atom is -0.388 e. The monoisotopic (exact) mass is 230 g/mol. The zero-order valence-electron chi connectivity index (χ0n) is 9.00. The van der Waals surface area contributed by atoms with E-state index in [4.69, 9.17) is 11.6 Å². The first-order chi connectivity index (χ1) is 7.06. The van der Waals surface area contributed by atoms with Crippen LogP contribution in [0.25, 0.3) is 0 Å². The Morgan fingerprint density at radius 3 is 2.73 bits per heavy atom. The van der Waals surface area contributed by atoms with E-state index in [-0.39, 0.29) is 5.02 Å². The maximum Gasteiger partial charge on any atom is 0.142 e. The first kappa shape index (κ1) is 12.5. The number of hydrogen-bond donors (Lipinski definition) is 1. The standard InChI is InChI=1S/C12H16ClFO/c1-3-8(2)7-11(15)9-5-4-6-10(14)12(9)13/h4-6,8,11,15H,3,7H2,1-2H3. The van der Waals surface area contributed by atoms with Crippen molar-refractivity contribution in [2.45, 2.75) is 32.8 Å². The van der Waals surface area contributed by atoms with Gasteiger partial charge >= 0.3 is 0 Å². The van der Waals surface area contributed by atoms with Crippen molar-refractivity contribution < 1.29 is 9.50 Å². The van der Waals surface area contributed by atoms with Gasteiger partial charge in [0.05, 0.1) is 11.1 Å². The fourth-order valence-corrected chi connectivity index (χ4v) is 1.70. The fraction of sp³-hybridized carbons (Fsp3) is 0.500. The predicted molar refractivity (Wildman–Crippen MR) is 60.4 cm³/mol. The lowest BCUT2D eigenvalue weighted by atomic mass is 9.96. The summed E-state index contributed by atoms with van der Waals surface area (Å²) in [4.78, 5) is 0. The highest BCUT2D eigenvalue weighted by atomic mass is 35.5. The van der Waals surface area contributed by atoms with Crippen molar-refractivity contribution in [1.82, 2.24) is 0 Å². The van der Waals surface area contributed by atoms with Crippen LogP contribution in [0.1, 0.15) is 38.4 Å².